The van der Waals surface area contributed by atoms with Gasteiger partial charge in [-0.2, -0.15) is 0 Å². The van der Waals surface area contributed by atoms with Crippen molar-refractivity contribution in [3.63, 3.8) is 0 Å². The fraction of sp³-hybridized carbons (Fsp3) is 0.133. The van der Waals surface area contributed by atoms with Crippen molar-refractivity contribution in [3.05, 3.63) is 99.5 Å². The first-order valence-corrected chi connectivity index (χ1v) is 13.2. The lowest BCUT2D eigenvalue weighted by molar-refractivity contribution is -0.385. The number of carbonyl (C=O) groups is 2. The second kappa shape index (κ2) is 11.7. The summed E-state index contributed by atoms with van der Waals surface area (Å²) in [5.74, 6) is 0.390. The number of aromatic nitrogens is 2. The van der Waals surface area contributed by atoms with Crippen molar-refractivity contribution in [2.24, 2.45) is 0 Å². The van der Waals surface area contributed by atoms with Gasteiger partial charge >= 0.3 is 0 Å². The first-order chi connectivity index (χ1) is 20.6. The SMILES string of the molecule is COc1ccc(N2C(=O)/C(=C/c3cc(C)n(-c4ccc(Oc5ccc([N+](=O)[O-])cn5)cc4)c3C)C(=O)NC2=S)c(OC)c1. The third-order valence-electron chi connectivity index (χ3n) is 6.75. The van der Waals surface area contributed by atoms with Crippen LogP contribution in [-0.4, -0.2) is 45.6 Å². The maximum atomic E-state index is 13.6. The minimum atomic E-state index is -0.607. The third kappa shape index (κ3) is 5.65. The first kappa shape index (κ1) is 29.0. The number of carbonyl (C=O) groups excluding carboxylic acids is 2. The lowest BCUT2D eigenvalue weighted by Crippen LogP contribution is -2.54. The Bertz CT molecular complexity index is 1800. The van der Waals surface area contributed by atoms with Crippen LogP contribution in [-0.2, 0) is 9.59 Å². The lowest BCUT2D eigenvalue weighted by Gasteiger charge is -2.30. The Morgan fingerprint density at radius 3 is 2.33 bits per heavy atom. The summed E-state index contributed by atoms with van der Waals surface area (Å²) < 4.78 is 18.4. The quantitative estimate of drug-likeness (QED) is 0.0971. The molecule has 1 N–H and O–H groups in total. The van der Waals surface area contributed by atoms with Gasteiger partial charge in [0.25, 0.3) is 17.5 Å². The zero-order valence-electron chi connectivity index (χ0n) is 23.5. The summed E-state index contributed by atoms with van der Waals surface area (Å²) in [4.78, 5) is 42.1. The van der Waals surface area contributed by atoms with Crippen LogP contribution >= 0.6 is 12.2 Å². The summed E-state index contributed by atoms with van der Waals surface area (Å²) in [6, 6.07) is 16.7. The molecule has 218 valence electrons. The molecule has 0 aliphatic carbocycles. The van der Waals surface area contributed by atoms with Crippen LogP contribution in [0.4, 0.5) is 11.4 Å². The van der Waals surface area contributed by atoms with Crippen LogP contribution < -0.4 is 24.4 Å². The maximum Gasteiger partial charge on any atom is 0.287 e. The number of thiocarbonyl (C=S) groups is 1. The molecule has 5 rings (SSSR count). The molecule has 0 bridgehead atoms. The van der Waals surface area contributed by atoms with Gasteiger partial charge in [0.15, 0.2) is 5.11 Å². The van der Waals surface area contributed by atoms with Crippen LogP contribution in [0.2, 0.25) is 0 Å². The number of methoxy groups -OCH3 is 2. The fourth-order valence-electron chi connectivity index (χ4n) is 4.66. The minimum absolute atomic E-state index is 0.0627. The molecule has 1 saturated heterocycles. The summed E-state index contributed by atoms with van der Waals surface area (Å²) in [7, 11) is 2.98. The van der Waals surface area contributed by atoms with Gasteiger partial charge in [-0.05, 0) is 80.2 Å². The van der Waals surface area contributed by atoms with Gasteiger partial charge in [0, 0.05) is 35.3 Å². The number of benzene rings is 2. The zero-order valence-corrected chi connectivity index (χ0v) is 24.3. The van der Waals surface area contributed by atoms with Crippen molar-refractivity contribution in [1.82, 2.24) is 14.9 Å². The summed E-state index contributed by atoms with van der Waals surface area (Å²) in [6.45, 7) is 3.79. The molecule has 0 unspecified atom stereocenters. The molecule has 1 fully saturated rings. The second-order valence-electron chi connectivity index (χ2n) is 9.37. The smallest absolute Gasteiger partial charge is 0.287 e. The van der Waals surface area contributed by atoms with Crippen LogP contribution in [0.3, 0.4) is 0 Å². The van der Waals surface area contributed by atoms with E-state index in [1.54, 1.807) is 36.4 Å². The number of rotatable bonds is 8. The average Bonchev–Trinajstić information content (AvgIpc) is 3.28. The minimum Gasteiger partial charge on any atom is -0.497 e. The van der Waals surface area contributed by atoms with E-state index >= 15 is 0 Å². The van der Waals surface area contributed by atoms with Crippen molar-refractivity contribution in [2.45, 2.75) is 13.8 Å². The van der Waals surface area contributed by atoms with Gasteiger partial charge in [-0.3, -0.25) is 25.0 Å². The van der Waals surface area contributed by atoms with Gasteiger partial charge in [0.05, 0.1) is 24.8 Å². The molecule has 13 heteroatoms. The molecule has 43 heavy (non-hydrogen) atoms. The largest absolute Gasteiger partial charge is 0.497 e. The highest BCUT2D eigenvalue weighted by Gasteiger charge is 2.36. The molecule has 12 nitrogen and oxygen atoms in total. The van der Waals surface area contributed by atoms with Crippen molar-refractivity contribution in [2.75, 3.05) is 19.1 Å². The molecule has 4 aromatic rings. The van der Waals surface area contributed by atoms with Crippen molar-refractivity contribution >= 4 is 46.6 Å². The molecule has 2 aromatic carbocycles. The molecule has 1 aliphatic heterocycles. The van der Waals surface area contributed by atoms with E-state index in [9.17, 15) is 19.7 Å². The summed E-state index contributed by atoms with van der Waals surface area (Å²) >= 11 is 5.35. The molecule has 0 spiro atoms. The van der Waals surface area contributed by atoms with E-state index in [4.69, 9.17) is 26.4 Å². The highest BCUT2D eigenvalue weighted by atomic mass is 32.1. The summed E-state index contributed by atoms with van der Waals surface area (Å²) in [5, 5.41) is 13.4. The Balaban J connectivity index is 1.42. The van der Waals surface area contributed by atoms with Crippen molar-refractivity contribution < 1.29 is 28.7 Å². The van der Waals surface area contributed by atoms with Gasteiger partial charge in [0.2, 0.25) is 5.88 Å². The molecular weight excluding hydrogens is 574 g/mol. The topological polar surface area (TPSA) is 138 Å². The average molecular weight is 600 g/mol. The van der Waals surface area contributed by atoms with E-state index in [-0.39, 0.29) is 22.3 Å². The molecule has 0 atom stereocenters. The van der Waals surface area contributed by atoms with Gasteiger partial charge in [-0.1, -0.05) is 0 Å². The fourth-order valence-corrected chi connectivity index (χ4v) is 4.93. The summed E-state index contributed by atoms with van der Waals surface area (Å²) in [5.41, 5.74) is 3.28. The van der Waals surface area contributed by atoms with E-state index in [2.05, 4.69) is 10.3 Å². The van der Waals surface area contributed by atoms with Gasteiger partial charge < -0.3 is 18.8 Å². The van der Waals surface area contributed by atoms with E-state index in [0.29, 0.717) is 28.5 Å². The number of anilines is 1. The van der Waals surface area contributed by atoms with Crippen molar-refractivity contribution in [1.29, 1.82) is 0 Å². The Labute approximate surface area is 251 Å². The number of amides is 2. The van der Waals surface area contributed by atoms with Crippen LogP contribution in [0, 0.1) is 24.0 Å². The van der Waals surface area contributed by atoms with Crippen molar-refractivity contribution in [3.8, 4) is 28.8 Å². The number of ether oxygens (including phenoxy) is 3. The molecule has 3 heterocycles. The molecule has 2 aromatic heterocycles. The zero-order chi connectivity index (χ0) is 30.8. The molecule has 0 radical (unpaired) electrons. The number of nitrogens with zero attached hydrogens (tertiary/aromatic N) is 4. The first-order valence-electron chi connectivity index (χ1n) is 12.8. The standard InChI is InChI=1S/C30H25N5O7S/c1-17-13-19(14-24-28(36)32-30(43)34(29(24)37)25-11-10-23(40-3)15-26(25)41-4)18(2)33(17)20-5-8-22(9-6-20)42-27-12-7-21(16-31-27)35(38)39/h5-16H,1-4H3,(H,32,36,43)/b24-14+. The second-order valence-corrected chi connectivity index (χ2v) is 9.75. The third-order valence-corrected chi connectivity index (χ3v) is 7.03. The number of hydrogen-bond donors (Lipinski definition) is 1. The molecule has 0 saturated carbocycles. The molecule has 2 amide bonds. The highest BCUT2D eigenvalue weighted by Crippen LogP contribution is 2.35. The van der Waals surface area contributed by atoms with E-state index in [1.807, 2.05) is 36.6 Å². The normalized spacial score (nSPS) is 14.1. The van der Waals surface area contributed by atoms with Crippen LogP contribution in [0.15, 0.2) is 72.4 Å². The monoisotopic (exact) mass is 599 g/mol. The van der Waals surface area contributed by atoms with Gasteiger partial charge in [0.1, 0.15) is 29.0 Å². The number of hydrogen-bond acceptors (Lipinski definition) is 9. The van der Waals surface area contributed by atoms with E-state index < -0.39 is 16.7 Å². The number of nitro groups is 1. The van der Waals surface area contributed by atoms with Gasteiger partial charge in [-0.25, -0.2) is 9.88 Å². The van der Waals surface area contributed by atoms with Crippen LogP contribution in [0.5, 0.6) is 23.1 Å². The lowest BCUT2D eigenvalue weighted by atomic mass is 10.1. The van der Waals surface area contributed by atoms with E-state index in [0.717, 1.165) is 23.3 Å². The molecule has 1 aliphatic rings. The Morgan fingerprint density at radius 2 is 1.70 bits per heavy atom. The number of pyridine rings is 1. The molecular formula is C30H25N5O7S. The summed E-state index contributed by atoms with van der Waals surface area (Å²) in [6.07, 6.45) is 2.67. The Morgan fingerprint density at radius 1 is 0.977 bits per heavy atom. The van der Waals surface area contributed by atoms with Gasteiger partial charge in [-0.15, -0.1) is 0 Å². The number of aryl methyl sites for hydroxylation is 1. The Hall–Kier alpha value is -5.56. The number of nitrogens with one attached hydrogen (secondary N) is 1. The van der Waals surface area contributed by atoms with Crippen LogP contribution in [0.1, 0.15) is 17.0 Å². The van der Waals surface area contributed by atoms with Crippen LogP contribution in [0.25, 0.3) is 11.8 Å². The van der Waals surface area contributed by atoms with E-state index in [1.165, 1.54) is 31.3 Å². The maximum absolute atomic E-state index is 13.6. The Kier molecular flexibility index (Phi) is 7.90. The highest BCUT2D eigenvalue weighted by molar-refractivity contribution is 7.80. The predicted octanol–water partition coefficient (Wildman–Crippen LogP) is 5.04. The predicted molar refractivity (Wildman–Crippen MR) is 162 cm³/mol.